The van der Waals surface area contributed by atoms with Crippen molar-refractivity contribution in [3.05, 3.63) is 64.2 Å². The lowest BCUT2D eigenvalue weighted by Gasteiger charge is -2.29. The molecule has 0 atom stereocenters. The standard InChI is InChI=1S/C20H15ClN2O5S/c1-11-2-5-13(6-3-11)23-19(27)14(18(26)22-20(23)29)8-12-4-7-16(15(21)9-12)28-10-17(24)25/h2-9H,10H2,1H3,(H,24,25)(H,22,26,29)/p-1/b14-8-. The summed E-state index contributed by atoms with van der Waals surface area (Å²) in [7, 11) is 0. The van der Waals surface area contributed by atoms with E-state index in [9.17, 15) is 19.5 Å². The van der Waals surface area contributed by atoms with Crippen LogP contribution in [0.3, 0.4) is 0 Å². The molecule has 0 radical (unpaired) electrons. The maximum absolute atomic E-state index is 12.9. The van der Waals surface area contributed by atoms with Gasteiger partial charge in [-0.25, -0.2) is 0 Å². The van der Waals surface area contributed by atoms with Crippen molar-refractivity contribution in [3.8, 4) is 5.75 Å². The molecule has 148 valence electrons. The molecule has 2 aromatic carbocycles. The number of carbonyl (C=O) groups excluding carboxylic acids is 3. The normalized spacial score (nSPS) is 15.4. The average Bonchev–Trinajstić information content (AvgIpc) is 2.65. The summed E-state index contributed by atoms with van der Waals surface area (Å²) in [6, 6.07) is 11.5. The van der Waals surface area contributed by atoms with E-state index in [4.69, 9.17) is 28.6 Å². The highest BCUT2D eigenvalue weighted by Crippen LogP contribution is 2.28. The van der Waals surface area contributed by atoms with Gasteiger partial charge in [0.1, 0.15) is 17.9 Å². The van der Waals surface area contributed by atoms with Gasteiger partial charge < -0.3 is 14.6 Å². The molecule has 0 aromatic heterocycles. The third kappa shape index (κ3) is 4.61. The fourth-order valence-electron chi connectivity index (χ4n) is 2.61. The molecule has 2 aromatic rings. The van der Waals surface area contributed by atoms with Crippen LogP contribution in [0.4, 0.5) is 5.69 Å². The number of benzene rings is 2. The minimum absolute atomic E-state index is 0.00920. The smallest absolute Gasteiger partial charge is 0.270 e. The molecule has 1 heterocycles. The van der Waals surface area contributed by atoms with Crippen molar-refractivity contribution >= 4 is 58.5 Å². The van der Waals surface area contributed by atoms with Crippen LogP contribution in [-0.4, -0.2) is 29.5 Å². The third-order valence-corrected chi connectivity index (χ3v) is 4.59. The number of aryl methyl sites for hydroxylation is 1. The van der Waals surface area contributed by atoms with E-state index >= 15 is 0 Å². The van der Waals surface area contributed by atoms with E-state index in [0.29, 0.717) is 11.3 Å². The van der Waals surface area contributed by atoms with Crippen molar-refractivity contribution in [3.63, 3.8) is 0 Å². The average molecular weight is 430 g/mol. The Hall–Kier alpha value is -3.23. The minimum Gasteiger partial charge on any atom is -0.546 e. The number of rotatable bonds is 5. The Morgan fingerprint density at radius 3 is 2.55 bits per heavy atom. The Bertz CT molecular complexity index is 1050. The summed E-state index contributed by atoms with van der Waals surface area (Å²) in [5.74, 6) is -2.45. The predicted octanol–water partition coefficient (Wildman–Crippen LogP) is 1.61. The van der Waals surface area contributed by atoms with Gasteiger partial charge in [0.05, 0.1) is 16.7 Å². The maximum Gasteiger partial charge on any atom is 0.270 e. The zero-order valence-electron chi connectivity index (χ0n) is 15.1. The van der Waals surface area contributed by atoms with Gasteiger partial charge in [-0.2, -0.15) is 0 Å². The van der Waals surface area contributed by atoms with Gasteiger partial charge in [-0.1, -0.05) is 35.4 Å². The van der Waals surface area contributed by atoms with Crippen molar-refractivity contribution in [2.24, 2.45) is 0 Å². The number of nitrogens with one attached hydrogen (secondary N) is 1. The van der Waals surface area contributed by atoms with Gasteiger partial charge in [0.2, 0.25) is 0 Å². The summed E-state index contributed by atoms with van der Waals surface area (Å²) in [5.41, 5.74) is 1.87. The quantitative estimate of drug-likeness (QED) is 0.440. The number of aliphatic carboxylic acids is 1. The summed E-state index contributed by atoms with van der Waals surface area (Å²) in [6.07, 6.45) is 1.37. The molecular formula is C20H14ClN2O5S-. The van der Waals surface area contributed by atoms with Crippen LogP contribution >= 0.6 is 23.8 Å². The number of halogens is 1. The van der Waals surface area contributed by atoms with Gasteiger partial charge in [0.25, 0.3) is 11.8 Å². The molecule has 0 aliphatic carbocycles. The molecule has 3 rings (SSSR count). The second-order valence-electron chi connectivity index (χ2n) is 6.14. The Morgan fingerprint density at radius 2 is 1.93 bits per heavy atom. The van der Waals surface area contributed by atoms with Gasteiger partial charge in [0, 0.05) is 0 Å². The molecule has 0 saturated carbocycles. The maximum atomic E-state index is 12.9. The number of nitrogens with zero attached hydrogens (tertiary/aromatic N) is 1. The molecule has 1 saturated heterocycles. The summed E-state index contributed by atoms with van der Waals surface area (Å²) >= 11 is 11.2. The van der Waals surface area contributed by atoms with Crippen molar-refractivity contribution in [2.75, 3.05) is 11.5 Å². The van der Waals surface area contributed by atoms with E-state index in [0.717, 1.165) is 5.56 Å². The minimum atomic E-state index is -1.39. The highest BCUT2D eigenvalue weighted by Gasteiger charge is 2.34. The molecule has 1 fully saturated rings. The fourth-order valence-corrected chi connectivity index (χ4v) is 3.14. The molecule has 0 bridgehead atoms. The van der Waals surface area contributed by atoms with Gasteiger partial charge in [-0.3, -0.25) is 19.8 Å². The lowest BCUT2D eigenvalue weighted by atomic mass is 10.1. The molecule has 1 aliphatic rings. The number of hydrogen-bond donors (Lipinski definition) is 1. The third-order valence-electron chi connectivity index (χ3n) is 4.01. The Morgan fingerprint density at radius 1 is 1.24 bits per heavy atom. The summed E-state index contributed by atoms with van der Waals surface area (Å²) in [4.78, 5) is 37.0. The van der Waals surface area contributed by atoms with Crippen molar-refractivity contribution in [1.29, 1.82) is 0 Å². The number of carboxylic acid groups (broad SMARTS) is 1. The van der Waals surface area contributed by atoms with E-state index in [-0.39, 0.29) is 21.5 Å². The van der Waals surface area contributed by atoms with E-state index in [2.05, 4.69) is 5.32 Å². The van der Waals surface area contributed by atoms with Gasteiger partial charge in [0.15, 0.2) is 5.11 Å². The predicted molar refractivity (Wildman–Crippen MR) is 109 cm³/mol. The molecule has 0 unspecified atom stereocenters. The Labute approximate surface area is 176 Å². The molecular weight excluding hydrogens is 416 g/mol. The van der Waals surface area contributed by atoms with Crippen LogP contribution in [0.1, 0.15) is 11.1 Å². The zero-order valence-corrected chi connectivity index (χ0v) is 16.7. The molecule has 7 nitrogen and oxygen atoms in total. The van der Waals surface area contributed by atoms with Gasteiger partial charge in [-0.15, -0.1) is 0 Å². The Balaban J connectivity index is 1.91. The van der Waals surface area contributed by atoms with E-state index in [1.54, 1.807) is 12.1 Å². The second-order valence-corrected chi connectivity index (χ2v) is 6.94. The van der Waals surface area contributed by atoms with E-state index in [1.165, 1.54) is 29.2 Å². The van der Waals surface area contributed by atoms with E-state index in [1.807, 2.05) is 19.1 Å². The first-order valence-electron chi connectivity index (χ1n) is 8.36. The highest BCUT2D eigenvalue weighted by molar-refractivity contribution is 7.80. The Kier molecular flexibility index (Phi) is 5.95. The number of amides is 2. The number of ether oxygens (including phenoxy) is 1. The summed E-state index contributed by atoms with van der Waals surface area (Å²) in [6.45, 7) is 1.27. The molecule has 1 N–H and O–H groups in total. The first-order chi connectivity index (χ1) is 13.8. The van der Waals surface area contributed by atoms with Crippen LogP contribution in [0, 0.1) is 6.92 Å². The van der Waals surface area contributed by atoms with Crippen molar-refractivity contribution in [2.45, 2.75) is 6.92 Å². The lowest BCUT2D eigenvalue weighted by Crippen LogP contribution is -2.54. The topological polar surface area (TPSA) is 98.8 Å². The van der Waals surface area contributed by atoms with E-state index < -0.39 is 24.4 Å². The molecule has 29 heavy (non-hydrogen) atoms. The summed E-state index contributed by atoms with van der Waals surface area (Å²) in [5, 5.41) is 13.1. The molecule has 2 amide bonds. The number of carbonyl (C=O) groups is 3. The number of thiocarbonyl (C=S) groups is 1. The first-order valence-corrected chi connectivity index (χ1v) is 9.15. The SMILES string of the molecule is Cc1ccc(N2C(=O)/C(=C\c3ccc(OCC(=O)[O-])c(Cl)c3)C(=O)NC2=S)cc1. The molecule has 1 aliphatic heterocycles. The van der Waals surface area contributed by atoms with Crippen LogP contribution in [0.5, 0.6) is 5.75 Å². The zero-order chi connectivity index (χ0) is 21.1. The highest BCUT2D eigenvalue weighted by atomic mass is 35.5. The monoisotopic (exact) mass is 429 g/mol. The molecule has 0 spiro atoms. The summed E-state index contributed by atoms with van der Waals surface area (Å²) < 4.78 is 5.00. The van der Waals surface area contributed by atoms with Crippen LogP contribution < -0.4 is 20.1 Å². The van der Waals surface area contributed by atoms with Crippen molar-refractivity contribution < 1.29 is 24.2 Å². The van der Waals surface area contributed by atoms with Crippen molar-refractivity contribution in [1.82, 2.24) is 5.32 Å². The second kappa shape index (κ2) is 8.42. The number of anilines is 1. The molecule has 9 heteroatoms. The van der Waals surface area contributed by atoms with Crippen LogP contribution in [0.15, 0.2) is 48.0 Å². The largest absolute Gasteiger partial charge is 0.546 e. The van der Waals surface area contributed by atoms with Gasteiger partial charge in [-0.05, 0) is 55.0 Å². The van der Waals surface area contributed by atoms with Gasteiger partial charge >= 0.3 is 0 Å². The fraction of sp³-hybridized carbons (Fsp3) is 0.100. The first kappa shape index (κ1) is 20.5. The number of hydrogen-bond acceptors (Lipinski definition) is 6. The van der Waals surface area contributed by atoms with Crippen LogP contribution in [0.25, 0.3) is 6.08 Å². The number of carboxylic acids is 1. The van der Waals surface area contributed by atoms with Crippen LogP contribution in [-0.2, 0) is 14.4 Å². The van der Waals surface area contributed by atoms with Crippen LogP contribution in [0.2, 0.25) is 5.02 Å². The lowest BCUT2D eigenvalue weighted by molar-refractivity contribution is -0.307.